The topological polar surface area (TPSA) is 46.6 Å². The Bertz CT molecular complexity index is 936. The number of hydrogen-bond acceptors (Lipinski definition) is 5. The molecule has 1 heterocycles. The highest BCUT2D eigenvalue weighted by Crippen LogP contribution is 2.60. The van der Waals surface area contributed by atoms with Crippen LogP contribution in [0.5, 0.6) is 5.75 Å². The van der Waals surface area contributed by atoms with Crippen LogP contribution in [0.1, 0.15) is 39.7 Å². The van der Waals surface area contributed by atoms with Crippen molar-refractivity contribution < 1.29 is 14.3 Å². The number of esters is 1. The molecular formula is C22H23Cl2NO3S2. The molecule has 0 N–H and O–H groups in total. The Kier molecular flexibility index (Phi) is 7.02. The van der Waals surface area contributed by atoms with Gasteiger partial charge in [-0.05, 0) is 54.5 Å². The summed E-state index contributed by atoms with van der Waals surface area (Å²) in [5.74, 6) is -0.249. The molecule has 0 bridgehead atoms. The normalized spacial score (nSPS) is 24.7. The number of rotatable bonds is 6. The Morgan fingerprint density at radius 2 is 1.97 bits per heavy atom. The number of nitrogens with zero attached hydrogens (tertiary/aromatic N) is 1. The van der Waals surface area contributed by atoms with Gasteiger partial charge in [0, 0.05) is 6.04 Å². The summed E-state index contributed by atoms with van der Waals surface area (Å²) in [5, 5.41) is 0. The average molecular weight is 484 g/mol. The lowest BCUT2D eigenvalue weighted by atomic mass is 10.1. The van der Waals surface area contributed by atoms with Gasteiger partial charge >= 0.3 is 5.97 Å². The van der Waals surface area contributed by atoms with E-state index in [1.54, 1.807) is 29.2 Å². The number of halogens is 2. The van der Waals surface area contributed by atoms with Gasteiger partial charge in [-0.15, -0.1) is 0 Å². The fraction of sp³-hybridized carbons (Fsp3) is 0.409. The van der Waals surface area contributed by atoms with Crippen molar-refractivity contribution in [1.29, 1.82) is 0 Å². The maximum absolute atomic E-state index is 12.6. The summed E-state index contributed by atoms with van der Waals surface area (Å²) in [5.41, 5.74) is 0.595. The summed E-state index contributed by atoms with van der Waals surface area (Å²) in [6.45, 7) is 7.98. The first-order valence-corrected chi connectivity index (χ1v) is 11.7. The van der Waals surface area contributed by atoms with Crippen molar-refractivity contribution in [3.63, 3.8) is 0 Å². The fourth-order valence-electron chi connectivity index (χ4n) is 3.58. The molecule has 0 radical (unpaired) electrons. The minimum absolute atomic E-state index is 0.0401. The van der Waals surface area contributed by atoms with E-state index in [4.69, 9.17) is 40.2 Å². The number of thioether (sulfide) groups is 1. The molecule has 1 amide bonds. The second-order valence-electron chi connectivity index (χ2n) is 8.08. The predicted molar refractivity (Wildman–Crippen MR) is 127 cm³/mol. The molecule has 2 fully saturated rings. The van der Waals surface area contributed by atoms with Gasteiger partial charge < -0.3 is 4.74 Å². The van der Waals surface area contributed by atoms with E-state index in [9.17, 15) is 9.59 Å². The van der Waals surface area contributed by atoms with Crippen LogP contribution < -0.4 is 4.74 Å². The second-order valence-corrected chi connectivity index (χ2v) is 10.8. The highest BCUT2D eigenvalue weighted by Gasteiger charge is 2.61. The van der Waals surface area contributed by atoms with E-state index >= 15 is 0 Å². The molecule has 8 heteroatoms. The molecule has 3 atom stereocenters. The molecule has 0 unspecified atom stereocenters. The minimum Gasteiger partial charge on any atom is -0.426 e. The van der Waals surface area contributed by atoms with Crippen LogP contribution >= 0.6 is 47.2 Å². The van der Waals surface area contributed by atoms with Gasteiger partial charge in [0.1, 0.15) is 14.6 Å². The quantitative estimate of drug-likeness (QED) is 0.209. The predicted octanol–water partition coefficient (Wildman–Crippen LogP) is 6.18. The molecule has 1 saturated heterocycles. The summed E-state index contributed by atoms with van der Waals surface area (Å²) in [7, 11) is 0. The molecule has 30 heavy (non-hydrogen) atoms. The first kappa shape index (κ1) is 23.3. The molecule has 4 nitrogen and oxygen atoms in total. The minimum atomic E-state index is -0.307. The molecule has 1 aromatic carbocycles. The van der Waals surface area contributed by atoms with Crippen LogP contribution in [0.3, 0.4) is 0 Å². The first-order chi connectivity index (χ1) is 14.1. The molecule has 3 rings (SSSR count). The monoisotopic (exact) mass is 483 g/mol. The zero-order valence-electron chi connectivity index (χ0n) is 17.1. The largest absolute Gasteiger partial charge is 0.426 e. The van der Waals surface area contributed by atoms with Crippen molar-refractivity contribution in [2.75, 3.05) is 0 Å². The molecule has 1 aromatic rings. The number of hydrogen-bond donors (Lipinski definition) is 0. The standard InChI is InChI=1S/C22H23Cl2NO3S2/c1-5-12(2)25-19(26)16(30-21(25)29)10-13-6-8-14(9-7-13)28-20(27)18-15(11-17(23)24)22(18,3)4/h6-12,15,18H,5H2,1-4H3/b16-10+/t12-,15+,18-/m0/s1. The van der Waals surface area contributed by atoms with Gasteiger partial charge in [-0.3, -0.25) is 14.5 Å². The van der Waals surface area contributed by atoms with Crippen molar-refractivity contribution in [2.24, 2.45) is 17.3 Å². The van der Waals surface area contributed by atoms with Gasteiger partial charge in [-0.2, -0.15) is 0 Å². The zero-order valence-corrected chi connectivity index (χ0v) is 20.3. The Hall–Kier alpha value is -1.34. The Labute approximate surface area is 196 Å². The SMILES string of the molecule is CC[C@H](C)N1C(=O)/C(=C\c2ccc(OC(=O)[C@@H]3[C@@H](C=C(Cl)Cl)C3(C)C)cc2)SC1=S. The lowest BCUT2D eigenvalue weighted by Gasteiger charge is -2.21. The fourth-order valence-corrected chi connectivity index (χ4v) is 5.31. The van der Waals surface area contributed by atoms with Crippen LogP contribution in [0.15, 0.2) is 39.7 Å². The van der Waals surface area contributed by atoms with E-state index in [1.807, 2.05) is 39.8 Å². The van der Waals surface area contributed by atoms with E-state index < -0.39 is 0 Å². The number of ether oxygens (including phenoxy) is 1. The van der Waals surface area contributed by atoms with Crippen molar-refractivity contribution in [3.8, 4) is 5.75 Å². The maximum Gasteiger partial charge on any atom is 0.315 e. The summed E-state index contributed by atoms with van der Waals surface area (Å²) in [4.78, 5) is 27.4. The number of benzene rings is 1. The van der Waals surface area contributed by atoms with Gasteiger partial charge in [-0.1, -0.05) is 80.1 Å². The first-order valence-electron chi connectivity index (χ1n) is 9.68. The Morgan fingerprint density at radius 3 is 2.53 bits per heavy atom. The smallest absolute Gasteiger partial charge is 0.315 e. The van der Waals surface area contributed by atoms with Crippen LogP contribution in [-0.2, 0) is 9.59 Å². The highest BCUT2D eigenvalue weighted by atomic mass is 35.5. The summed E-state index contributed by atoms with van der Waals surface area (Å²) >= 11 is 18.2. The lowest BCUT2D eigenvalue weighted by Crippen LogP contribution is -2.36. The van der Waals surface area contributed by atoms with Crippen LogP contribution in [0.4, 0.5) is 0 Å². The second kappa shape index (κ2) is 9.03. The van der Waals surface area contributed by atoms with Gasteiger partial charge in [0.2, 0.25) is 0 Å². The molecule has 1 saturated carbocycles. The molecule has 2 aliphatic rings. The number of thiocarbonyl (C=S) groups is 1. The average Bonchev–Trinajstić information content (AvgIpc) is 3.08. The molecule has 0 aromatic heterocycles. The zero-order chi connectivity index (χ0) is 22.2. The third-order valence-electron chi connectivity index (χ3n) is 5.72. The number of amides is 1. The van der Waals surface area contributed by atoms with Crippen LogP contribution in [-0.4, -0.2) is 27.1 Å². The van der Waals surface area contributed by atoms with Crippen molar-refractivity contribution in [1.82, 2.24) is 4.90 Å². The molecule has 0 spiro atoms. The van der Waals surface area contributed by atoms with E-state index in [-0.39, 0.29) is 39.7 Å². The van der Waals surface area contributed by atoms with E-state index in [0.29, 0.717) is 15.0 Å². The molecular weight excluding hydrogens is 461 g/mol. The molecule has 1 aliphatic carbocycles. The van der Waals surface area contributed by atoms with Gasteiger partial charge in [-0.25, -0.2) is 0 Å². The maximum atomic E-state index is 12.6. The van der Waals surface area contributed by atoms with Crippen molar-refractivity contribution >= 4 is 69.5 Å². The number of allylic oxidation sites excluding steroid dienone is 1. The summed E-state index contributed by atoms with van der Waals surface area (Å²) < 4.78 is 6.28. The van der Waals surface area contributed by atoms with Gasteiger partial charge in [0.05, 0.1) is 10.8 Å². The summed E-state index contributed by atoms with van der Waals surface area (Å²) in [6, 6.07) is 7.12. The molecule has 160 valence electrons. The number of carbonyl (C=O) groups is 2. The Morgan fingerprint density at radius 1 is 1.33 bits per heavy atom. The van der Waals surface area contributed by atoms with Crippen LogP contribution in [0.25, 0.3) is 6.08 Å². The van der Waals surface area contributed by atoms with E-state index in [2.05, 4.69) is 0 Å². The van der Waals surface area contributed by atoms with Crippen molar-refractivity contribution in [2.45, 2.75) is 40.2 Å². The van der Waals surface area contributed by atoms with Gasteiger partial charge in [0.15, 0.2) is 0 Å². The Balaban J connectivity index is 1.67. The highest BCUT2D eigenvalue weighted by molar-refractivity contribution is 8.26. The van der Waals surface area contributed by atoms with Gasteiger partial charge in [0.25, 0.3) is 5.91 Å². The van der Waals surface area contributed by atoms with Crippen molar-refractivity contribution in [3.05, 3.63) is 45.3 Å². The van der Waals surface area contributed by atoms with E-state index in [1.165, 1.54) is 11.8 Å². The number of carbonyl (C=O) groups excluding carboxylic acids is 2. The lowest BCUT2D eigenvalue weighted by molar-refractivity contribution is -0.136. The van der Waals surface area contributed by atoms with Crippen LogP contribution in [0.2, 0.25) is 0 Å². The summed E-state index contributed by atoms with van der Waals surface area (Å²) in [6.07, 6.45) is 4.33. The molecule has 1 aliphatic heterocycles. The van der Waals surface area contributed by atoms with Crippen LogP contribution in [0, 0.1) is 17.3 Å². The third kappa shape index (κ3) is 4.77. The van der Waals surface area contributed by atoms with E-state index in [0.717, 1.165) is 12.0 Å². The third-order valence-corrected chi connectivity index (χ3v) is 7.30.